The van der Waals surface area contributed by atoms with Crippen LogP contribution >= 0.6 is 11.6 Å². The maximum atomic E-state index is 12.4. The highest BCUT2D eigenvalue weighted by molar-refractivity contribution is 6.30. The Kier molecular flexibility index (Phi) is 4.01. The van der Waals surface area contributed by atoms with Crippen LogP contribution in [0.4, 0.5) is 0 Å². The molecule has 1 N–H and O–H groups in total. The minimum Gasteiger partial charge on any atom is -0.423 e. The smallest absolute Gasteiger partial charge is 0.255 e. The van der Waals surface area contributed by atoms with Crippen molar-refractivity contribution in [1.82, 2.24) is 25.3 Å². The highest BCUT2D eigenvalue weighted by Gasteiger charge is 2.29. The van der Waals surface area contributed by atoms with E-state index in [1.807, 2.05) is 12.1 Å². The van der Waals surface area contributed by atoms with E-state index in [1.54, 1.807) is 29.9 Å². The van der Waals surface area contributed by atoms with Crippen molar-refractivity contribution in [2.75, 3.05) is 0 Å². The molecular formula is C17H16ClN5O2. The van der Waals surface area contributed by atoms with Crippen molar-refractivity contribution in [1.29, 1.82) is 0 Å². The monoisotopic (exact) mass is 357 g/mol. The second kappa shape index (κ2) is 6.33. The number of rotatable bonds is 5. The van der Waals surface area contributed by atoms with E-state index in [9.17, 15) is 4.79 Å². The van der Waals surface area contributed by atoms with E-state index in [-0.39, 0.29) is 12.5 Å². The summed E-state index contributed by atoms with van der Waals surface area (Å²) in [5, 5.41) is 15.8. The van der Waals surface area contributed by atoms with E-state index < -0.39 is 0 Å². The summed E-state index contributed by atoms with van der Waals surface area (Å²) in [5.74, 6) is 1.25. The number of hydrogen-bond acceptors (Lipinski definition) is 5. The van der Waals surface area contributed by atoms with Gasteiger partial charge >= 0.3 is 0 Å². The van der Waals surface area contributed by atoms with Crippen molar-refractivity contribution in [3.8, 4) is 5.69 Å². The fourth-order valence-corrected chi connectivity index (χ4v) is 2.62. The lowest BCUT2D eigenvalue weighted by atomic mass is 10.2. The van der Waals surface area contributed by atoms with Crippen molar-refractivity contribution < 1.29 is 9.21 Å². The van der Waals surface area contributed by atoms with E-state index in [0.717, 1.165) is 18.5 Å². The van der Waals surface area contributed by atoms with Gasteiger partial charge < -0.3 is 9.73 Å². The first-order valence-corrected chi connectivity index (χ1v) is 8.40. The Hall–Kier alpha value is -2.67. The number of hydrogen-bond donors (Lipinski definition) is 1. The van der Waals surface area contributed by atoms with Gasteiger partial charge in [0.05, 0.1) is 23.5 Å². The SMILES string of the molecule is Cc1nn(-c2ccc(Cl)cc2)cc1C(=O)NCc1nnc(C2CC2)o1. The number of halogens is 1. The Labute approximate surface area is 149 Å². The number of aryl methyl sites for hydroxylation is 1. The number of nitrogens with zero attached hydrogens (tertiary/aromatic N) is 4. The molecule has 1 aliphatic carbocycles. The van der Waals surface area contributed by atoms with Gasteiger partial charge in [-0.2, -0.15) is 5.10 Å². The van der Waals surface area contributed by atoms with Crippen LogP contribution in [-0.2, 0) is 6.54 Å². The van der Waals surface area contributed by atoms with Gasteiger partial charge in [-0.25, -0.2) is 4.68 Å². The summed E-state index contributed by atoms with van der Waals surface area (Å²) in [4.78, 5) is 12.4. The van der Waals surface area contributed by atoms with Gasteiger partial charge in [-0.05, 0) is 44.0 Å². The molecule has 0 aliphatic heterocycles. The average Bonchev–Trinajstić information content (AvgIpc) is 3.22. The van der Waals surface area contributed by atoms with E-state index >= 15 is 0 Å². The van der Waals surface area contributed by atoms with Crippen LogP contribution in [0.5, 0.6) is 0 Å². The number of benzene rings is 1. The maximum absolute atomic E-state index is 12.4. The standard InChI is InChI=1S/C17H16ClN5O2/c1-10-14(9-23(22-10)13-6-4-12(18)5-7-13)16(24)19-8-15-20-21-17(25-15)11-2-3-11/h4-7,9,11H,2-3,8H2,1H3,(H,19,24). The Balaban J connectivity index is 1.45. The average molecular weight is 358 g/mol. The van der Waals surface area contributed by atoms with Crippen molar-refractivity contribution in [2.45, 2.75) is 32.2 Å². The van der Waals surface area contributed by atoms with Crippen LogP contribution in [0.3, 0.4) is 0 Å². The highest BCUT2D eigenvalue weighted by atomic mass is 35.5. The first-order chi connectivity index (χ1) is 12.1. The fraction of sp³-hybridized carbons (Fsp3) is 0.294. The zero-order valence-corrected chi connectivity index (χ0v) is 14.3. The molecule has 25 heavy (non-hydrogen) atoms. The van der Waals surface area contributed by atoms with Gasteiger partial charge in [0.2, 0.25) is 11.8 Å². The molecule has 4 rings (SSSR count). The molecule has 0 atom stereocenters. The fourth-order valence-electron chi connectivity index (χ4n) is 2.49. The molecule has 8 heteroatoms. The van der Waals surface area contributed by atoms with Gasteiger partial charge in [0.1, 0.15) is 0 Å². The molecule has 128 valence electrons. The number of nitrogens with one attached hydrogen (secondary N) is 1. The number of aromatic nitrogens is 4. The minimum absolute atomic E-state index is 0.199. The van der Waals surface area contributed by atoms with Crippen LogP contribution < -0.4 is 5.32 Å². The van der Waals surface area contributed by atoms with Gasteiger partial charge in [0, 0.05) is 17.1 Å². The first kappa shape index (κ1) is 15.8. The molecule has 2 aromatic heterocycles. The molecule has 1 aliphatic rings. The molecule has 0 radical (unpaired) electrons. The molecule has 1 aromatic carbocycles. The van der Waals surface area contributed by atoms with Gasteiger partial charge in [-0.3, -0.25) is 4.79 Å². The molecule has 2 heterocycles. The molecule has 0 saturated heterocycles. The van der Waals surface area contributed by atoms with Crippen LogP contribution in [0, 0.1) is 6.92 Å². The number of carbonyl (C=O) groups is 1. The normalized spacial score (nSPS) is 13.8. The molecule has 1 amide bonds. The maximum Gasteiger partial charge on any atom is 0.255 e. The summed E-state index contributed by atoms with van der Waals surface area (Å²) in [6, 6.07) is 7.24. The molecule has 3 aromatic rings. The highest BCUT2D eigenvalue weighted by Crippen LogP contribution is 2.38. The summed E-state index contributed by atoms with van der Waals surface area (Å²) in [5.41, 5.74) is 1.96. The van der Waals surface area contributed by atoms with Gasteiger partial charge in [-0.15, -0.1) is 10.2 Å². The van der Waals surface area contributed by atoms with Gasteiger partial charge in [-0.1, -0.05) is 11.6 Å². The Morgan fingerprint density at radius 3 is 2.80 bits per heavy atom. The van der Waals surface area contributed by atoms with Crippen LogP contribution in [0.25, 0.3) is 5.69 Å². The van der Waals surface area contributed by atoms with Crippen molar-refractivity contribution in [2.24, 2.45) is 0 Å². The van der Waals surface area contributed by atoms with Crippen molar-refractivity contribution >= 4 is 17.5 Å². The van der Waals surface area contributed by atoms with Crippen LogP contribution in [0.1, 0.15) is 46.6 Å². The lowest BCUT2D eigenvalue weighted by molar-refractivity contribution is 0.0946. The third kappa shape index (κ3) is 3.41. The van der Waals surface area contributed by atoms with E-state index in [4.69, 9.17) is 16.0 Å². The molecule has 0 unspecified atom stereocenters. The Morgan fingerprint density at radius 2 is 2.08 bits per heavy atom. The predicted octanol–water partition coefficient (Wildman–Crippen LogP) is 3.02. The van der Waals surface area contributed by atoms with Crippen LogP contribution in [-0.4, -0.2) is 25.9 Å². The van der Waals surface area contributed by atoms with E-state index in [0.29, 0.717) is 34.0 Å². The van der Waals surface area contributed by atoms with Crippen molar-refractivity contribution in [3.05, 3.63) is 58.5 Å². The topological polar surface area (TPSA) is 85.8 Å². The Bertz CT molecular complexity index is 912. The molecule has 7 nitrogen and oxygen atoms in total. The van der Waals surface area contributed by atoms with Crippen LogP contribution in [0.2, 0.25) is 5.02 Å². The zero-order valence-electron chi connectivity index (χ0n) is 13.6. The summed E-state index contributed by atoms with van der Waals surface area (Å²) in [6.07, 6.45) is 3.88. The van der Waals surface area contributed by atoms with Gasteiger partial charge in [0.25, 0.3) is 5.91 Å². The Morgan fingerprint density at radius 1 is 1.32 bits per heavy atom. The minimum atomic E-state index is -0.233. The van der Waals surface area contributed by atoms with Gasteiger partial charge in [0.15, 0.2) is 0 Å². The molecule has 1 fully saturated rings. The molecule has 0 bridgehead atoms. The first-order valence-electron chi connectivity index (χ1n) is 8.03. The van der Waals surface area contributed by atoms with Crippen molar-refractivity contribution in [3.63, 3.8) is 0 Å². The van der Waals surface area contributed by atoms with E-state index in [2.05, 4.69) is 20.6 Å². The summed E-state index contributed by atoms with van der Waals surface area (Å²) in [6.45, 7) is 1.99. The second-order valence-corrected chi connectivity index (χ2v) is 6.48. The lowest BCUT2D eigenvalue weighted by Crippen LogP contribution is -2.23. The predicted molar refractivity (Wildman–Crippen MR) is 90.8 cm³/mol. The summed E-state index contributed by atoms with van der Waals surface area (Å²) >= 11 is 5.90. The number of amides is 1. The largest absolute Gasteiger partial charge is 0.423 e. The molecule has 0 spiro atoms. The lowest BCUT2D eigenvalue weighted by Gasteiger charge is -2.01. The quantitative estimate of drug-likeness (QED) is 0.758. The summed E-state index contributed by atoms with van der Waals surface area (Å²) < 4.78 is 7.19. The third-order valence-corrected chi connectivity index (χ3v) is 4.30. The zero-order chi connectivity index (χ0) is 17.4. The number of carbonyl (C=O) groups excluding carboxylic acids is 1. The third-order valence-electron chi connectivity index (χ3n) is 4.04. The van der Waals surface area contributed by atoms with E-state index in [1.165, 1.54) is 0 Å². The van der Waals surface area contributed by atoms with Crippen LogP contribution in [0.15, 0.2) is 34.9 Å². The second-order valence-electron chi connectivity index (χ2n) is 6.04. The molecular weight excluding hydrogens is 342 g/mol. The molecule has 1 saturated carbocycles. The summed E-state index contributed by atoms with van der Waals surface area (Å²) in [7, 11) is 0.